The minimum atomic E-state index is -5.08. The van der Waals surface area contributed by atoms with Crippen LogP contribution in [0.1, 0.15) is 53.6 Å². The van der Waals surface area contributed by atoms with Gasteiger partial charge >= 0.3 is 18.1 Å². The van der Waals surface area contributed by atoms with Crippen molar-refractivity contribution in [3.8, 4) is 0 Å². The summed E-state index contributed by atoms with van der Waals surface area (Å²) in [7, 11) is -3.85. The van der Waals surface area contributed by atoms with Gasteiger partial charge in [-0.1, -0.05) is 37.0 Å². The van der Waals surface area contributed by atoms with Crippen LogP contribution >= 0.6 is 0 Å². The fraction of sp³-hybridized carbons (Fsp3) is 0.435. The predicted octanol–water partition coefficient (Wildman–Crippen LogP) is 4.60. The first-order chi connectivity index (χ1) is 16.7. The molecule has 0 unspecified atom stereocenters. The number of aliphatic carboxylic acids is 1. The van der Waals surface area contributed by atoms with Gasteiger partial charge in [0.15, 0.2) is 0 Å². The topological polar surface area (TPSA) is 137 Å². The van der Waals surface area contributed by atoms with Crippen molar-refractivity contribution in [3.63, 3.8) is 0 Å². The molecule has 9 nitrogen and oxygen atoms in total. The molecule has 0 aliphatic carbocycles. The lowest BCUT2D eigenvalue weighted by molar-refractivity contribution is -0.192. The summed E-state index contributed by atoms with van der Waals surface area (Å²) in [6.45, 7) is 5.12. The molecule has 0 saturated carbocycles. The minimum Gasteiger partial charge on any atom is -0.478 e. The van der Waals surface area contributed by atoms with E-state index in [1.54, 1.807) is 25.1 Å². The number of nitrogens with zero attached hydrogens (tertiary/aromatic N) is 2. The van der Waals surface area contributed by atoms with E-state index in [0.29, 0.717) is 11.4 Å². The van der Waals surface area contributed by atoms with E-state index in [4.69, 9.17) is 9.90 Å². The number of rotatable bonds is 5. The number of alkyl halides is 3. The van der Waals surface area contributed by atoms with E-state index in [1.165, 1.54) is 18.7 Å². The van der Waals surface area contributed by atoms with Crippen LogP contribution in [0.5, 0.6) is 0 Å². The predicted molar refractivity (Wildman–Crippen MR) is 127 cm³/mol. The Morgan fingerprint density at radius 2 is 1.56 bits per heavy atom. The molecule has 1 aromatic heterocycles. The van der Waals surface area contributed by atoms with Gasteiger partial charge in [0.05, 0.1) is 16.8 Å². The number of aromatic nitrogens is 1. The van der Waals surface area contributed by atoms with Crippen LogP contribution in [0.4, 0.5) is 24.7 Å². The van der Waals surface area contributed by atoms with E-state index >= 15 is 0 Å². The number of carboxylic acids is 2. The van der Waals surface area contributed by atoms with Gasteiger partial charge in [-0.05, 0) is 44.4 Å². The Morgan fingerprint density at radius 1 is 1.00 bits per heavy atom. The maximum atomic E-state index is 12.8. The zero-order valence-electron chi connectivity index (χ0n) is 19.8. The van der Waals surface area contributed by atoms with Gasteiger partial charge in [0.25, 0.3) is 10.0 Å². The molecule has 0 radical (unpaired) electrons. The van der Waals surface area contributed by atoms with Crippen LogP contribution in [0.25, 0.3) is 0 Å². The molecule has 0 bridgehead atoms. The fourth-order valence-electron chi connectivity index (χ4n) is 3.69. The number of aryl methyl sites for hydroxylation is 2. The number of sulfonamides is 1. The lowest BCUT2D eigenvalue weighted by atomic mass is 10.1. The number of halogens is 3. The van der Waals surface area contributed by atoms with Gasteiger partial charge in [0, 0.05) is 13.1 Å². The average Bonchev–Trinajstić information content (AvgIpc) is 2.73. The van der Waals surface area contributed by atoms with Crippen LogP contribution in [0.2, 0.25) is 0 Å². The van der Waals surface area contributed by atoms with Gasteiger partial charge in [-0.2, -0.15) is 13.2 Å². The quantitative estimate of drug-likeness (QED) is 0.509. The van der Waals surface area contributed by atoms with E-state index < -0.39 is 28.1 Å². The third-order valence-electron chi connectivity index (χ3n) is 5.37. The molecule has 13 heteroatoms. The third-order valence-corrected chi connectivity index (χ3v) is 6.91. The van der Waals surface area contributed by atoms with E-state index in [9.17, 15) is 31.5 Å². The van der Waals surface area contributed by atoms with Gasteiger partial charge in [-0.25, -0.2) is 23.0 Å². The average molecular weight is 532 g/mol. The molecule has 1 aromatic carbocycles. The Morgan fingerprint density at radius 3 is 2.06 bits per heavy atom. The van der Waals surface area contributed by atoms with Gasteiger partial charge in [0.2, 0.25) is 0 Å². The van der Waals surface area contributed by atoms with Gasteiger partial charge in [0.1, 0.15) is 11.4 Å². The maximum Gasteiger partial charge on any atom is 0.490 e. The highest BCUT2D eigenvalue weighted by Crippen LogP contribution is 2.26. The summed E-state index contributed by atoms with van der Waals surface area (Å²) in [5.41, 5.74) is 1.74. The van der Waals surface area contributed by atoms with Crippen LogP contribution in [-0.4, -0.2) is 54.8 Å². The van der Waals surface area contributed by atoms with Crippen molar-refractivity contribution in [2.75, 3.05) is 22.7 Å². The van der Waals surface area contributed by atoms with Crippen molar-refractivity contribution >= 4 is 33.5 Å². The second-order valence-electron chi connectivity index (χ2n) is 8.33. The van der Waals surface area contributed by atoms with Crippen molar-refractivity contribution < 1.29 is 41.4 Å². The lowest BCUT2D eigenvalue weighted by Crippen LogP contribution is -2.29. The molecular formula is C23H28F3N3O6S. The van der Waals surface area contributed by atoms with Gasteiger partial charge in [-0.15, -0.1) is 0 Å². The van der Waals surface area contributed by atoms with Gasteiger partial charge in [-0.3, -0.25) is 4.72 Å². The van der Waals surface area contributed by atoms with Crippen molar-refractivity contribution in [1.82, 2.24) is 4.98 Å². The van der Waals surface area contributed by atoms with Crippen molar-refractivity contribution in [3.05, 3.63) is 47.2 Å². The Bertz CT molecular complexity index is 1190. The highest BCUT2D eigenvalue weighted by molar-refractivity contribution is 7.92. The highest BCUT2D eigenvalue weighted by atomic mass is 32.2. The number of carboxylic acid groups (broad SMARTS) is 2. The molecule has 1 saturated heterocycles. The third kappa shape index (κ3) is 8.11. The zero-order chi connectivity index (χ0) is 27.1. The number of hydrogen-bond acceptors (Lipinski definition) is 6. The summed E-state index contributed by atoms with van der Waals surface area (Å²) in [6, 6.07) is 6.42. The summed E-state index contributed by atoms with van der Waals surface area (Å²) in [6.07, 6.45) is 1.72. The molecule has 2 aromatic rings. The molecular weight excluding hydrogens is 503 g/mol. The lowest BCUT2D eigenvalue weighted by Gasteiger charge is -2.27. The normalized spacial score (nSPS) is 14.6. The molecule has 1 aliphatic heterocycles. The maximum absolute atomic E-state index is 12.8. The molecule has 1 fully saturated rings. The molecule has 2 heterocycles. The molecule has 3 rings (SSSR count). The first-order valence-corrected chi connectivity index (χ1v) is 12.6. The number of benzene rings is 1. The summed E-state index contributed by atoms with van der Waals surface area (Å²) in [5, 5.41) is 16.8. The fourth-order valence-corrected chi connectivity index (χ4v) is 4.95. The van der Waals surface area contributed by atoms with Crippen LogP contribution in [0, 0.1) is 13.8 Å². The Hall–Kier alpha value is -3.35. The molecule has 198 valence electrons. The summed E-state index contributed by atoms with van der Waals surface area (Å²) < 4.78 is 59.8. The molecule has 0 amide bonds. The van der Waals surface area contributed by atoms with Crippen LogP contribution in [0.15, 0.2) is 35.4 Å². The number of nitrogens with one attached hydrogen (secondary N) is 1. The van der Waals surface area contributed by atoms with Crippen molar-refractivity contribution in [1.29, 1.82) is 0 Å². The standard InChI is InChI=1S/C21H27N3O4S.C2HF3O2/c1-15-8-9-19(16(2)12-15)29(27,28)23-17-13-18(21(25)26)20(22-14-17)24-10-6-4-3-5-7-11-24;3-2(4,5)1(6)7/h8-9,12-14,23H,3-7,10-11H2,1-2H3,(H,25,26);(H,6,7). The number of aromatic carboxylic acids is 1. The summed E-state index contributed by atoms with van der Waals surface area (Å²) in [4.78, 5) is 27.2. The number of pyridine rings is 1. The number of anilines is 2. The monoisotopic (exact) mass is 531 g/mol. The number of carbonyl (C=O) groups is 2. The largest absolute Gasteiger partial charge is 0.490 e. The Balaban J connectivity index is 0.000000572. The first-order valence-electron chi connectivity index (χ1n) is 11.1. The minimum absolute atomic E-state index is 0.00593. The van der Waals surface area contributed by atoms with Crippen LogP contribution < -0.4 is 9.62 Å². The van der Waals surface area contributed by atoms with E-state index in [2.05, 4.69) is 9.71 Å². The van der Waals surface area contributed by atoms with Crippen molar-refractivity contribution in [2.24, 2.45) is 0 Å². The van der Waals surface area contributed by atoms with Gasteiger partial charge < -0.3 is 15.1 Å². The zero-order valence-corrected chi connectivity index (χ0v) is 20.6. The second-order valence-corrected chi connectivity index (χ2v) is 9.98. The second kappa shape index (κ2) is 12.1. The Labute approximate surface area is 207 Å². The highest BCUT2D eigenvalue weighted by Gasteiger charge is 2.38. The SMILES string of the molecule is Cc1ccc(S(=O)(=O)Nc2cnc(N3CCCCCCC3)c(C(=O)O)c2)c(C)c1.O=C(O)C(F)(F)F. The summed E-state index contributed by atoms with van der Waals surface area (Å²) >= 11 is 0. The van der Waals surface area contributed by atoms with E-state index in [-0.39, 0.29) is 16.1 Å². The summed E-state index contributed by atoms with van der Waals surface area (Å²) in [5.74, 6) is -3.48. The molecule has 36 heavy (non-hydrogen) atoms. The van der Waals surface area contributed by atoms with E-state index in [0.717, 1.165) is 44.3 Å². The smallest absolute Gasteiger partial charge is 0.478 e. The van der Waals surface area contributed by atoms with E-state index in [1.807, 2.05) is 11.8 Å². The van der Waals surface area contributed by atoms with Crippen LogP contribution in [-0.2, 0) is 14.8 Å². The molecule has 3 N–H and O–H groups in total. The molecule has 1 aliphatic rings. The first kappa shape index (κ1) is 28.9. The van der Waals surface area contributed by atoms with Crippen molar-refractivity contribution in [2.45, 2.75) is 57.0 Å². The Kier molecular flexibility index (Phi) is 9.68. The van der Waals surface area contributed by atoms with Crippen LogP contribution in [0.3, 0.4) is 0 Å². The molecule has 0 spiro atoms. The molecule has 0 atom stereocenters. The number of hydrogen-bond donors (Lipinski definition) is 3.